The van der Waals surface area contributed by atoms with Gasteiger partial charge in [0, 0.05) is 23.4 Å². The molecule has 1 atom stereocenters. The third-order valence-electron chi connectivity index (χ3n) is 6.56. The Hall–Kier alpha value is -3.79. The molecule has 0 spiro atoms. The fraction of sp³-hybridized carbons (Fsp3) is 0.296. The highest BCUT2D eigenvalue weighted by Crippen LogP contribution is 2.50. The Labute approximate surface area is 243 Å². The predicted molar refractivity (Wildman–Crippen MR) is 153 cm³/mol. The number of nitrogens with one attached hydrogen (secondary N) is 1. The van der Waals surface area contributed by atoms with Gasteiger partial charge in [0.2, 0.25) is 11.0 Å². The molecule has 1 aliphatic carbocycles. The summed E-state index contributed by atoms with van der Waals surface area (Å²) in [6, 6.07) is 10.6. The number of Topliss-reactive ketones (excluding diaryl/α,β-unsaturated/α-hetero) is 1. The van der Waals surface area contributed by atoms with Gasteiger partial charge in [-0.3, -0.25) is 14.5 Å². The largest absolute Gasteiger partial charge is 0.495 e. The Morgan fingerprint density at radius 3 is 2.85 bits per heavy atom. The molecule has 3 heterocycles. The van der Waals surface area contributed by atoms with Crippen molar-refractivity contribution in [2.75, 3.05) is 23.1 Å². The number of halogens is 1. The maximum atomic E-state index is 13.5. The van der Waals surface area contributed by atoms with Gasteiger partial charge in [0.25, 0.3) is 0 Å². The Morgan fingerprint density at radius 2 is 2.17 bits per heavy atom. The minimum absolute atomic E-state index is 0.0627. The van der Waals surface area contributed by atoms with E-state index in [1.165, 1.54) is 36.5 Å². The molecule has 5 rings (SSSR count). The second kappa shape index (κ2) is 11.0. The average molecular weight is 597 g/mol. The number of ether oxygens (including phenoxy) is 1. The number of furan rings is 1. The van der Waals surface area contributed by atoms with Gasteiger partial charge in [-0.05, 0) is 42.2 Å². The van der Waals surface area contributed by atoms with E-state index in [1.54, 1.807) is 35.2 Å². The van der Waals surface area contributed by atoms with Gasteiger partial charge in [-0.1, -0.05) is 48.5 Å². The number of rotatable bonds is 7. The number of hydrogen-bond acceptors (Lipinski definition) is 11. The Kier molecular flexibility index (Phi) is 7.63. The van der Waals surface area contributed by atoms with Crippen LogP contribution in [0, 0.1) is 16.7 Å². The summed E-state index contributed by atoms with van der Waals surface area (Å²) in [5, 5.41) is 22.3. The van der Waals surface area contributed by atoms with Crippen LogP contribution in [0.25, 0.3) is 0 Å². The van der Waals surface area contributed by atoms with Crippen LogP contribution in [0.3, 0.4) is 0 Å². The summed E-state index contributed by atoms with van der Waals surface area (Å²) in [5.74, 6) is 0.245. The van der Waals surface area contributed by atoms with Crippen molar-refractivity contribution in [1.82, 2.24) is 10.2 Å². The molecule has 1 aromatic carbocycles. The molecule has 1 amide bonds. The van der Waals surface area contributed by atoms with Crippen LogP contribution in [-0.4, -0.2) is 34.8 Å². The first-order chi connectivity index (χ1) is 19.1. The zero-order chi connectivity index (χ0) is 28.6. The standard InChI is InChI=1S/C27H25ClN6O4S2/c1-27(2)10-17-23(18(35)11-27)22(20-5-4-8-38-20)15(12-29)24(30)34(17)25-32-33-26(40-25)39-13-21(36)31-14-6-7-19(37-3)16(28)9-14/h4-9,22H,10-11,13,30H2,1-3H3,(H,31,36). The van der Waals surface area contributed by atoms with Crippen LogP contribution >= 0.6 is 34.7 Å². The summed E-state index contributed by atoms with van der Waals surface area (Å²) in [5.41, 5.74) is 8.20. The summed E-state index contributed by atoms with van der Waals surface area (Å²) in [4.78, 5) is 27.7. The summed E-state index contributed by atoms with van der Waals surface area (Å²) in [7, 11) is 1.52. The number of aromatic nitrogens is 2. The normalized spacial score (nSPS) is 18.4. The van der Waals surface area contributed by atoms with Gasteiger partial charge in [0.05, 0.1) is 41.7 Å². The number of nitriles is 1. The molecule has 2 aliphatic rings. The first-order valence-corrected chi connectivity index (χ1v) is 14.4. The van der Waals surface area contributed by atoms with E-state index in [1.807, 2.05) is 13.8 Å². The highest BCUT2D eigenvalue weighted by Gasteiger charge is 2.46. The van der Waals surface area contributed by atoms with Gasteiger partial charge in [0.1, 0.15) is 17.3 Å². The van der Waals surface area contributed by atoms with Crippen LogP contribution in [0.2, 0.25) is 5.02 Å². The van der Waals surface area contributed by atoms with Gasteiger partial charge in [-0.25, -0.2) is 0 Å². The zero-order valence-corrected chi connectivity index (χ0v) is 24.2. The molecular formula is C27H25ClN6O4S2. The molecule has 2 aromatic heterocycles. The van der Waals surface area contributed by atoms with Crippen LogP contribution in [-0.2, 0) is 9.59 Å². The smallest absolute Gasteiger partial charge is 0.234 e. The van der Waals surface area contributed by atoms with E-state index in [0.717, 1.165) is 0 Å². The minimum atomic E-state index is -0.688. The maximum Gasteiger partial charge on any atom is 0.234 e. The number of anilines is 2. The number of thioether (sulfide) groups is 1. The van der Waals surface area contributed by atoms with Gasteiger partial charge >= 0.3 is 0 Å². The molecule has 13 heteroatoms. The molecule has 0 bridgehead atoms. The van der Waals surface area contributed by atoms with Crippen LogP contribution in [0.1, 0.15) is 38.4 Å². The second-order valence-corrected chi connectivity index (χ2v) is 12.6. The van der Waals surface area contributed by atoms with Crippen molar-refractivity contribution >= 4 is 57.2 Å². The lowest BCUT2D eigenvalue weighted by Crippen LogP contribution is -2.42. The SMILES string of the molecule is COc1ccc(NC(=O)CSc2nnc(N3C(N)=C(C#N)C(c4ccco4)C4=C3CC(C)(C)CC4=O)s2)cc1Cl. The van der Waals surface area contributed by atoms with E-state index in [2.05, 4.69) is 21.6 Å². The van der Waals surface area contributed by atoms with Crippen molar-refractivity contribution in [3.05, 3.63) is 70.0 Å². The van der Waals surface area contributed by atoms with Crippen molar-refractivity contribution in [3.63, 3.8) is 0 Å². The molecule has 0 saturated carbocycles. The van der Waals surface area contributed by atoms with Crippen molar-refractivity contribution in [2.45, 2.75) is 36.9 Å². The number of hydrogen-bond donors (Lipinski definition) is 2. The number of nitrogens with two attached hydrogens (primary N) is 1. The third kappa shape index (κ3) is 5.32. The Bertz CT molecular complexity index is 1590. The molecular weight excluding hydrogens is 572 g/mol. The summed E-state index contributed by atoms with van der Waals surface area (Å²) in [6.45, 7) is 4.04. The van der Waals surface area contributed by atoms with Crippen LogP contribution in [0.5, 0.6) is 5.75 Å². The number of ketones is 1. The monoisotopic (exact) mass is 596 g/mol. The lowest BCUT2D eigenvalue weighted by atomic mass is 9.69. The van der Waals surface area contributed by atoms with Crippen molar-refractivity contribution in [1.29, 1.82) is 5.26 Å². The van der Waals surface area contributed by atoms with Crippen molar-refractivity contribution < 1.29 is 18.7 Å². The maximum absolute atomic E-state index is 13.5. The van der Waals surface area contributed by atoms with Gasteiger partial charge < -0.3 is 20.2 Å². The third-order valence-corrected chi connectivity index (χ3v) is 8.90. The lowest BCUT2D eigenvalue weighted by Gasteiger charge is -2.42. The summed E-state index contributed by atoms with van der Waals surface area (Å²) < 4.78 is 11.3. The molecule has 0 fully saturated rings. The highest BCUT2D eigenvalue weighted by atomic mass is 35.5. The van der Waals surface area contributed by atoms with Crippen molar-refractivity contribution in [3.8, 4) is 11.8 Å². The van der Waals surface area contributed by atoms with Gasteiger partial charge in [-0.2, -0.15) is 5.26 Å². The van der Waals surface area contributed by atoms with Gasteiger partial charge in [-0.15, -0.1) is 10.2 Å². The van der Waals surface area contributed by atoms with E-state index in [9.17, 15) is 14.9 Å². The molecule has 0 saturated heterocycles. The first-order valence-electron chi connectivity index (χ1n) is 12.2. The number of allylic oxidation sites excluding steroid dienone is 3. The number of carbonyl (C=O) groups excluding carboxylic acids is 2. The van der Waals surface area contributed by atoms with E-state index >= 15 is 0 Å². The Morgan fingerprint density at radius 1 is 1.38 bits per heavy atom. The molecule has 40 heavy (non-hydrogen) atoms. The molecule has 3 aromatic rings. The minimum Gasteiger partial charge on any atom is -0.495 e. The second-order valence-electron chi connectivity index (χ2n) is 10.0. The van der Waals surface area contributed by atoms with Crippen LogP contribution < -0.4 is 20.7 Å². The number of amides is 1. The van der Waals surface area contributed by atoms with Crippen LogP contribution in [0.4, 0.5) is 10.8 Å². The van der Waals surface area contributed by atoms with E-state index in [4.69, 9.17) is 26.5 Å². The Balaban J connectivity index is 1.40. The highest BCUT2D eigenvalue weighted by molar-refractivity contribution is 8.01. The molecule has 1 aliphatic heterocycles. The fourth-order valence-corrected chi connectivity index (χ4v) is 6.83. The quantitative estimate of drug-likeness (QED) is 0.337. The zero-order valence-electron chi connectivity index (χ0n) is 21.9. The molecule has 3 N–H and O–H groups in total. The van der Waals surface area contributed by atoms with E-state index < -0.39 is 5.92 Å². The number of benzene rings is 1. The number of methoxy groups -OCH3 is 1. The lowest BCUT2D eigenvalue weighted by molar-refractivity contribution is -0.118. The molecule has 206 valence electrons. The predicted octanol–water partition coefficient (Wildman–Crippen LogP) is 5.46. The van der Waals surface area contributed by atoms with E-state index in [-0.39, 0.29) is 34.3 Å². The van der Waals surface area contributed by atoms with Crippen LogP contribution in [0.15, 0.2) is 68.0 Å². The summed E-state index contributed by atoms with van der Waals surface area (Å²) >= 11 is 8.57. The number of nitrogens with zero attached hydrogens (tertiary/aromatic N) is 4. The fourth-order valence-electron chi connectivity index (χ4n) is 4.89. The molecule has 1 unspecified atom stereocenters. The number of carbonyl (C=O) groups is 2. The first kappa shape index (κ1) is 27.8. The van der Waals surface area contributed by atoms with Crippen molar-refractivity contribution in [2.24, 2.45) is 11.1 Å². The topological polar surface area (TPSA) is 147 Å². The average Bonchev–Trinajstić information content (AvgIpc) is 3.59. The van der Waals surface area contributed by atoms with E-state index in [0.29, 0.717) is 55.8 Å². The molecule has 0 radical (unpaired) electrons. The van der Waals surface area contributed by atoms with Gasteiger partial charge in [0.15, 0.2) is 10.1 Å². The molecule has 10 nitrogen and oxygen atoms in total. The summed E-state index contributed by atoms with van der Waals surface area (Å²) in [6.07, 6.45) is 2.39.